The van der Waals surface area contributed by atoms with Crippen molar-refractivity contribution in [1.82, 2.24) is 0 Å². The molecular weight excluding hydrogens is 387 g/mol. The first kappa shape index (κ1) is 20.4. The zero-order valence-electron chi connectivity index (χ0n) is 15.4. The number of nitrogens with zero attached hydrogens (tertiary/aromatic N) is 1. The van der Waals surface area contributed by atoms with Crippen molar-refractivity contribution in [2.24, 2.45) is 5.92 Å². The summed E-state index contributed by atoms with van der Waals surface area (Å²) in [4.78, 5) is 37.5. The Bertz CT molecular complexity index is 942. The average molecular weight is 405 g/mol. The molecule has 0 bridgehead atoms. The molecule has 29 heavy (non-hydrogen) atoms. The highest BCUT2D eigenvalue weighted by atomic mass is 19.4. The maximum atomic E-state index is 12.6. The molecule has 2 N–H and O–H groups in total. The van der Waals surface area contributed by atoms with E-state index in [0.717, 1.165) is 12.1 Å². The summed E-state index contributed by atoms with van der Waals surface area (Å²) in [5.41, 5.74) is 0.491. The van der Waals surface area contributed by atoms with Crippen LogP contribution in [0.25, 0.3) is 0 Å². The summed E-state index contributed by atoms with van der Waals surface area (Å²) in [6.45, 7) is 1.50. The molecule has 6 nitrogen and oxygen atoms in total. The zero-order chi connectivity index (χ0) is 21.2. The Hall–Kier alpha value is -3.36. The SMILES string of the molecule is CC(=O)Nc1cccc(N2CC(C(=O)Nc3ccc(C(F)(F)F)cc3)CC2=O)c1. The highest BCUT2D eigenvalue weighted by Gasteiger charge is 2.35. The third-order valence-electron chi connectivity index (χ3n) is 4.45. The molecular formula is C20H18F3N3O3. The zero-order valence-corrected chi connectivity index (χ0v) is 15.4. The van der Waals surface area contributed by atoms with Gasteiger partial charge in [0.1, 0.15) is 0 Å². The van der Waals surface area contributed by atoms with Gasteiger partial charge in [-0.05, 0) is 42.5 Å². The van der Waals surface area contributed by atoms with Gasteiger partial charge in [-0.1, -0.05) is 6.07 Å². The summed E-state index contributed by atoms with van der Waals surface area (Å²) >= 11 is 0. The number of rotatable bonds is 4. The predicted molar refractivity (Wildman–Crippen MR) is 101 cm³/mol. The van der Waals surface area contributed by atoms with Crippen LogP contribution in [0, 0.1) is 5.92 Å². The molecule has 9 heteroatoms. The quantitative estimate of drug-likeness (QED) is 0.815. The fraction of sp³-hybridized carbons (Fsp3) is 0.250. The molecule has 0 aromatic heterocycles. The predicted octanol–water partition coefficient (Wildman–Crippen LogP) is 3.66. The smallest absolute Gasteiger partial charge is 0.326 e. The summed E-state index contributed by atoms with van der Waals surface area (Å²) in [6, 6.07) is 10.8. The lowest BCUT2D eigenvalue weighted by Gasteiger charge is -2.18. The second-order valence-corrected chi connectivity index (χ2v) is 6.70. The maximum Gasteiger partial charge on any atom is 0.416 e. The first-order valence-electron chi connectivity index (χ1n) is 8.79. The van der Waals surface area contributed by atoms with E-state index in [1.54, 1.807) is 24.3 Å². The van der Waals surface area contributed by atoms with Crippen LogP contribution in [-0.2, 0) is 20.6 Å². The third kappa shape index (κ3) is 4.92. The second-order valence-electron chi connectivity index (χ2n) is 6.70. The van der Waals surface area contributed by atoms with Gasteiger partial charge < -0.3 is 15.5 Å². The van der Waals surface area contributed by atoms with Crippen LogP contribution >= 0.6 is 0 Å². The van der Waals surface area contributed by atoms with Crippen LogP contribution in [0.3, 0.4) is 0 Å². The van der Waals surface area contributed by atoms with E-state index in [-0.39, 0.29) is 30.5 Å². The van der Waals surface area contributed by atoms with Crippen molar-refractivity contribution in [2.75, 3.05) is 22.1 Å². The number of amides is 3. The molecule has 1 fully saturated rings. The van der Waals surface area contributed by atoms with E-state index in [0.29, 0.717) is 11.4 Å². The molecule has 2 aromatic rings. The van der Waals surface area contributed by atoms with Gasteiger partial charge in [-0.3, -0.25) is 14.4 Å². The number of nitrogens with one attached hydrogen (secondary N) is 2. The van der Waals surface area contributed by atoms with Crippen molar-refractivity contribution in [3.8, 4) is 0 Å². The number of hydrogen-bond acceptors (Lipinski definition) is 3. The molecule has 1 aliphatic rings. The van der Waals surface area contributed by atoms with E-state index in [9.17, 15) is 27.6 Å². The van der Waals surface area contributed by atoms with Crippen molar-refractivity contribution in [3.63, 3.8) is 0 Å². The van der Waals surface area contributed by atoms with Gasteiger partial charge in [0, 0.05) is 37.0 Å². The summed E-state index contributed by atoms with van der Waals surface area (Å²) < 4.78 is 37.9. The monoisotopic (exact) mass is 405 g/mol. The summed E-state index contributed by atoms with van der Waals surface area (Å²) in [5, 5.41) is 5.18. The van der Waals surface area contributed by atoms with Crippen LogP contribution in [0.4, 0.5) is 30.2 Å². The number of benzene rings is 2. The molecule has 1 heterocycles. The van der Waals surface area contributed by atoms with Crippen LogP contribution in [0.15, 0.2) is 48.5 Å². The molecule has 0 saturated carbocycles. The van der Waals surface area contributed by atoms with Crippen LogP contribution in [0.2, 0.25) is 0 Å². The Morgan fingerprint density at radius 2 is 1.72 bits per heavy atom. The number of alkyl halides is 3. The van der Waals surface area contributed by atoms with Gasteiger partial charge in [0.2, 0.25) is 17.7 Å². The normalized spacial score (nSPS) is 16.6. The van der Waals surface area contributed by atoms with Crippen LogP contribution < -0.4 is 15.5 Å². The topological polar surface area (TPSA) is 78.5 Å². The summed E-state index contributed by atoms with van der Waals surface area (Å²) in [7, 11) is 0. The third-order valence-corrected chi connectivity index (χ3v) is 4.45. The lowest BCUT2D eigenvalue weighted by Crippen LogP contribution is -2.28. The second kappa shape index (κ2) is 7.94. The van der Waals surface area contributed by atoms with Gasteiger partial charge in [0.05, 0.1) is 11.5 Å². The van der Waals surface area contributed by atoms with E-state index >= 15 is 0 Å². The Morgan fingerprint density at radius 1 is 1.03 bits per heavy atom. The van der Waals surface area contributed by atoms with Gasteiger partial charge >= 0.3 is 6.18 Å². The maximum absolute atomic E-state index is 12.6. The van der Waals surface area contributed by atoms with Crippen LogP contribution in [0.1, 0.15) is 18.9 Å². The molecule has 0 spiro atoms. The molecule has 3 rings (SSSR count). The molecule has 1 atom stereocenters. The minimum Gasteiger partial charge on any atom is -0.326 e. The van der Waals surface area contributed by atoms with Crippen molar-refractivity contribution in [1.29, 1.82) is 0 Å². The van der Waals surface area contributed by atoms with E-state index in [1.165, 1.54) is 24.0 Å². The Balaban J connectivity index is 1.67. The van der Waals surface area contributed by atoms with Crippen molar-refractivity contribution >= 4 is 34.8 Å². The largest absolute Gasteiger partial charge is 0.416 e. The minimum absolute atomic E-state index is 0.0170. The summed E-state index contributed by atoms with van der Waals surface area (Å²) in [6.07, 6.45) is -4.47. The molecule has 1 saturated heterocycles. The molecule has 1 unspecified atom stereocenters. The lowest BCUT2D eigenvalue weighted by atomic mass is 10.1. The molecule has 1 aliphatic heterocycles. The highest BCUT2D eigenvalue weighted by molar-refractivity contribution is 6.04. The van der Waals surface area contributed by atoms with Crippen molar-refractivity contribution in [2.45, 2.75) is 19.5 Å². The first-order valence-corrected chi connectivity index (χ1v) is 8.79. The number of hydrogen-bond donors (Lipinski definition) is 2. The van der Waals surface area contributed by atoms with Crippen molar-refractivity contribution in [3.05, 3.63) is 54.1 Å². The van der Waals surface area contributed by atoms with Gasteiger partial charge in [-0.25, -0.2) is 0 Å². The van der Waals surface area contributed by atoms with E-state index in [4.69, 9.17) is 0 Å². The molecule has 152 valence electrons. The fourth-order valence-corrected chi connectivity index (χ4v) is 3.07. The number of carbonyl (C=O) groups excluding carboxylic acids is 3. The lowest BCUT2D eigenvalue weighted by molar-refractivity contribution is -0.137. The van der Waals surface area contributed by atoms with E-state index < -0.39 is 23.6 Å². The average Bonchev–Trinajstić information content (AvgIpc) is 3.03. The minimum atomic E-state index is -4.45. The number of halogens is 3. The van der Waals surface area contributed by atoms with Gasteiger partial charge in [-0.15, -0.1) is 0 Å². The first-order chi connectivity index (χ1) is 13.6. The van der Waals surface area contributed by atoms with Gasteiger partial charge in [0.15, 0.2) is 0 Å². The molecule has 2 aromatic carbocycles. The fourth-order valence-electron chi connectivity index (χ4n) is 3.07. The Morgan fingerprint density at radius 3 is 2.34 bits per heavy atom. The van der Waals surface area contributed by atoms with Gasteiger partial charge in [0.25, 0.3) is 0 Å². The molecule has 3 amide bonds. The van der Waals surface area contributed by atoms with Crippen LogP contribution in [0.5, 0.6) is 0 Å². The molecule has 0 aliphatic carbocycles. The van der Waals surface area contributed by atoms with E-state index in [1.807, 2.05) is 0 Å². The standard InChI is InChI=1S/C20H18F3N3O3/c1-12(27)24-16-3-2-4-17(10-16)26-11-13(9-18(26)28)19(29)25-15-7-5-14(6-8-15)20(21,22)23/h2-8,10,13H,9,11H2,1H3,(H,24,27)(H,25,29). The van der Waals surface area contributed by atoms with Crippen LogP contribution in [-0.4, -0.2) is 24.3 Å². The molecule has 0 radical (unpaired) electrons. The number of anilines is 3. The van der Waals surface area contributed by atoms with E-state index in [2.05, 4.69) is 10.6 Å². The van der Waals surface area contributed by atoms with Crippen molar-refractivity contribution < 1.29 is 27.6 Å². The number of carbonyl (C=O) groups is 3. The Kier molecular flexibility index (Phi) is 5.58. The van der Waals surface area contributed by atoms with Gasteiger partial charge in [-0.2, -0.15) is 13.2 Å². The summed E-state index contributed by atoms with van der Waals surface area (Å²) in [5.74, 6) is -1.59. The Labute approximate surface area is 164 Å². The highest BCUT2D eigenvalue weighted by Crippen LogP contribution is 2.31.